The van der Waals surface area contributed by atoms with Crippen molar-refractivity contribution in [3.8, 4) is 11.8 Å². The second-order valence-electron chi connectivity index (χ2n) is 5.89. The smallest absolute Gasteiger partial charge is 0.267 e. The number of hydrogen-bond donors (Lipinski definition) is 2. The van der Waals surface area contributed by atoms with Gasteiger partial charge in [-0.25, -0.2) is 0 Å². The summed E-state index contributed by atoms with van der Waals surface area (Å²) in [5.74, 6) is 5.64. The minimum Gasteiger partial charge on any atom is -0.370 e. The third-order valence-corrected chi connectivity index (χ3v) is 3.66. The number of rotatable bonds is 7. The summed E-state index contributed by atoms with van der Waals surface area (Å²) in [7, 11) is 0. The fourth-order valence-corrected chi connectivity index (χ4v) is 2.28. The zero-order chi connectivity index (χ0) is 18.9. The van der Waals surface area contributed by atoms with E-state index in [2.05, 4.69) is 34.2 Å². The molecule has 0 fully saturated rings. The lowest BCUT2D eigenvalue weighted by Crippen LogP contribution is -2.31. The van der Waals surface area contributed by atoms with E-state index in [0.29, 0.717) is 12.1 Å². The van der Waals surface area contributed by atoms with Crippen LogP contribution < -0.4 is 10.6 Å². The highest BCUT2D eigenvalue weighted by atomic mass is 16.2. The number of carbonyl (C=O) groups is 2. The highest BCUT2D eigenvalue weighted by Crippen LogP contribution is 2.06. The zero-order valence-corrected chi connectivity index (χ0v) is 15.0. The number of hydrogen-bond acceptors (Lipinski definition) is 4. The third-order valence-electron chi connectivity index (χ3n) is 3.66. The first-order valence-corrected chi connectivity index (χ1v) is 8.29. The molecule has 2 rings (SSSR count). The van der Waals surface area contributed by atoms with E-state index >= 15 is 0 Å². The van der Waals surface area contributed by atoms with E-state index in [1.807, 2.05) is 30.7 Å². The summed E-state index contributed by atoms with van der Waals surface area (Å²) in [4.78, 5) is 23.0. The Morgan fingerprint density at radius 2 is 2.08 bits per heavy atom. The summed E-state index contributed by atoms with van der Waals surface area (Å²) in [6.45, 7) is 8.33. The molecule has 1 aromatic heterocycles. The molecule has 1 amide bonds. The van der Waals surface area contributed by atoms with Crippen molar-refractivity contribution in [1.29, 1.82) is 0 Å². The van der Waals surface area contributed by atoms with Crippen molar-refractivity contribution in [1.82, 2.24) is 20.4 Å². The Balaban J connectivity index is 1.83. The Labute approximate surface area is 153 Å². The summed E-state index contributed by atoms with van der Waals surface area (Å²) in [6.07, 6.45) is 2.48. The quantitative estimate of drug-likeness (QED) is 0.455. The molecule has 0 spiro atoms. The number of aromatic nitrogens is 2. The van der Waals surface area contributed by atoms with Gasteiger partial charge in [0.1, 0.15) is 12.0 Å². The molecule has 0 atom stereocenters. The van der Waals surface area contributed by atoms with E-state index in [1.54, 1.807) is 24.4 Å². The van der Waals surface area contributed by atoms with Crippen LogP contribution in [0.1, 0.15) is 41.5 Å². The maximum atomic E-state index is 12.1. The van der Waals surface area contributed by atoms with Crippen molar-refractivity contribution in [3.05, 3.63) is 65.6 Å². The lowest BCUT2D eigenvalue weighted by Gasteiger charge is -2.09. The number of carbonyl (C=O) groups excluding carboxylic acids is 2. The monoisotopic (exact) mass is 350 g/mol. The molecule has 0 aliphatic carbocycles. The van der Waals surface area contributed by atoms with E-state index in [1.165, 1.54) is 0 Å². The van der Waals surface area contributed by atoms with Crippen LogP contribution in [0.4, 0.5) is 0 Å². The van der Waals surface area contributed by atoms with Crippen molar-refractivity contribution < 1.29 is 9.59 Å². The number of nitrogens with one attached hydrogen (secondary N) is 2. The maximum Gasteiger partial charge on any atom is 0.267 e. The van der Waals surface area contributed by atoms with Gasteiger partial charge in [-0.05, 0) is 31.4 Å². The molecular formula is C20H22N4O2. The normalized spacial score (nSPS) is 9.96. The summed E-state index contributed by atoms with van der Waals surface area (Å²) in [5, 5.41) is 9.82. The van der Waals surface area contributed by atoms with Crippen molar-refractivity contribution >= 4 is 12.2 Å². The van der Waals surface area contributed by atoms with Crippen molar-refractivity contribution in [2.75, 3.05) is 6.54 Å². The van der Waals surface area contributed by atoms with E-state index < -0.39 is 0 Å². The second-order valence-corrected chi connectivity index (χ2v) is 5.89. The number of amides is 1. The van der Waals surface area contributed by atoms with Crippen LogP contribution in [0.15, 0.2) is 48.8 Å². The van der Waals surface area contributed by atoms with Gasteiger partial charge < -0.3 is 10.6 Å². The number of nitrogens with zero attached hydrogens (tertiary/aromatic N) is 2. The highest BCUT2D eigenvalue weighted by molar-refractivity contribution is 5.92. The molecule has 0 saturated heterocycles. The molecule has 2 aromatic rings. The first-order chi connectivity index (χ1) is 12.5. The molecule has 0 aliphatic rings. The van der Waals surface area contributed by atoms with Gasteiger partial charge in [0.2, 0.25) is 0 Å². The summed E-state index contributed by atoms with van der Waals surface area (Å²) in [6, 6.07) is 9.18. The molecule has 0 saturated carbocycles. The first-order valence-electron chi connectivity index (χ1n) is 8.29. The Hall–Kier alpha value is -3.33. The maximum absolute atomic E-state index is 12.1. The molecule has 6 heteroatoms. The Morgan fingerprint density at radius 1 is 1.31 bits per heavy atom. The predicted octanol–water partition coefficient (Wildman–Crippen LogP) is 2.05. The molecular weight excluding hydrogens is 328 g/mol. The van der Waals surface area contributed by atoms with Gasteiger partial charge in [0.15, 0.2) is 0 Å². The summed E-state index contributed by atoms with van der Waals surface area (Å²) < 4.78 is 1.83. The van der Waals surface area contributed by atoms with Crippen LogP contribution in [0, 0.1) is 11.8 Å². The lowest BCUT2D eigenvalue weighted by molar-refractivity contribution is -0.118. The van der Waals surface area contributed by atoms with E-state index in [9.17, 15) is 9.59 Å². The third kappa shape index (κ3) is 5.08. The van der Waals surface area contributed by atoms with Crippen molar-refractivity contribution in [2.24, 2.45) is 0 Å². The zero-order valence-electron chi connectivity index (χ0n) is 15.0. The summed E-state index contributed by atoms with van der Waals surface area (Å²) in [5.41, 5.74) is 2.35. The van der Waals surface area contributed by atoms with Crippen LogP contribution in [0.25, 0.3) is 0 Å². The van der Waals surface area contributed by atoms with Gasteiger partial charge in [-0.2, -0.15) is 5.10 Å². The van der Waals surface area contributed by atoms with Crippen LogP contribution in [0.3, 0.4) is 0 Å². The van der Waals surface area contributed by atoms with E-state index in [4.69, 9.17) is 0 Å². The van der Waals surface area contributed by atoms with Crippen LogP contribution in [0.2, 0.25) is 0 Å². The standard InChI is InChI=1S/C20H22N4O2/c1-15(2)24-19(10-12-23-24)9-6-11-21-16(3)20(26)22-13-17-7-4-5-8-18(17)14-25/h4-5,7-8,10,12,14-15,21H,3,11,13H2,1-2H3,(H,22,26). The molecule has 0 bridgehead atoms. The van der Waals surface area contributed by atoms with Crippen molar-refractivity contribution in [3.63, 3.8) is 0 Å². The minimum atomic E-state index is -0.334. The summed E-state index contributed by atoms with van der Waals surface area (Å²) >= 11 is 0. The number of benzene rings is 1. The van der Waals surface area contributed by atoms with Gasteiger partial charge in [-0.3, -0.25) is 14.3 Å². The van der Waals surface area contributed by atoms with Gasteiger partial charge in [-0.1, -0.05) is 36.8 Å². The second kappa shape index (κ2) is 9.23. The highest BCUT2D eigenvalue weighted by Gasteiger charge is 2.07. The van der Waals surface area contributed by atoms with Crippen LogP contribution >= 0.6 is 0 Å². The largest absolute Gasteiger partial charge is 0.370 e. The molecule has 2 N–H and O–H groups in total. The molecule has 1 aromatic carbocycles. The van der Waals surface area contributed by atoms with Gasteiger partial charge in [0.25, 0.3) is 5.91 Å². The SMILES string of the molecule is C=C(NCC#Cc1ccnn1C(C)C)C(=O)NCc1ccccc1C=O. The van der Waals surface area contributed by atoms with Gasteiger partial charge in [0, 0.05) is 18.2 Å². The van der Waals surface area contributed by atoms with Crippen LogP contribution in [0.5, 0.6) is 0 Å². The average Bonchev–Trinajstić information content (AvgIpc) is 3.12. The average molecular weight is 350 g/mol. The first kappa shape index (κ1) is 19.0. The number of aldehydes is 1. The van der Waals surface area contributed by atoms with E-state index in [-0.39, 0.29) is 24.2 Å². The Kier molecular flexibility index (Phi) is 6.75. The molecule has 6 nitrogen and oxygen atoms in total. The van der Waals surface area contributed by atoms with E-state index in [0.717, 1.165) is 17.5 Å². The van der Waals surface area contributed by atoms with Crippen LogP contribution in [-0.4, -0.2) is 28.5 Å². The molecule has 0 radical (unpaired) electrons. The molecule has 0 aliphatic heterocycles. The molecule has 0 unspecified atom stereocenters. The predicted molar refractivity (Wildman–Crippen MR) is 100 cm³/mol. The Bertz CT molecular complexity index is 856. The molecule has 26 heavy (non-hydrogen) atoms. The fraction of sp³-hybridized carbons (Fsp3) is 0.250. The minimum absolute atomic E-state index is 0.222. The molecule has 1 heterocycles. The molecule has 134 valence electrons. The van der Waals surface area contributed by atoms with Crippen molar-refractivity contribution in [2.45, 2.75) is 26.4 Å². The van der Waals surface area contributed by atoms with Gasteiger partial charge in [-0.15, -0.1) is 0 Å². The van der Waals surface area contributed by atoms with Crippen LogP contribution in [-0.2, 0) is 11.3 Å². The van der Waals surface area contributed by atoms with Gasteiger partial charge >= 0.3 is 0 Å². The topological polar surface area (TPSA) is 76.0 Å². The fourth-order valence-electron chi connectivity index (χ4n) is 2.28. The lowest BCUT2D eigenvalue weighted by atomic mass is 10.1. The van der Waals surface area contributed by atoms with Gasteiger partial charge in [0.05, 0.1) is 18.4 Å². The Morgan fingerprint density at radius 3 is 2.81 bits per heavy atom.